The second kappa shape index (κ2) is 5.54. The molecule has 2 aromatic heterocycles. The Balaban J connectivity index is 1.89. The van der Waals surface area contributed by atoms with E-state index in [0.29, 0.717) is 0 Å². The minimum Gasteiger partial charge on any atom is -0.359 e. The average molecular weight is 284 g/mol. The lowest BCUT2D eigenvalue weighted by Crippen LogP contribution is -2.08. The van der Waals surface area contributed by atoms with E-state index in [1.54, 1.807) is 17.5 Å². The normalized spacial score (nSPS) is 12.5. The van der Waals surface area contributed by atoms with Gasteiger partial charge in [0.2, 0.25) is 0 Å². The highest BCUT2D eigenvalue weighted by molar-refractivity contribution is 7.11. The molecule has 102 valence electrons. The number of thiazole rings is 1. The topological polar surface area (TPSA) is 50.7 Å². The average Bonchev–Trinajstić information content (AvgIpc) is 2.97. The Labute approximate surface area is 121 Å². The molecule has 1 N–H and O–H groups in total. The molecule has 1 aromatic carbocycles. The van der Waals surface area contributed by atoms with Crippen LogP contribution in [0.5, 0.6) is 0 Å². The third-order valence-electron chi connectivity index (χ3n) is 3.21. The maximum absolute atomic E-state index is 4.47. The molecule has 0 saturated heterocycles. The van der Waals surface area contributed by atoms with Gasteiger partial charge in [0.25, 0.3) is 0 Å². The summed E-state index contributed by atoms with van der Waals surface area (Å²) in [6, 6.07) is 8.24. The van der Waals surface area contributed by atoms with Gasteiger partial charge in [-0.05, 0) is 13.3 Å². The molecule has 2 heterocycles. The van der Waals surface area contributed by atoms with E-state index in [1.165, 1.54) is 4.88 Å². The molecule has 1 unspecified atom stereocenters. The Kier molecular flexibility index (Phi) is 3.60. The summed E-state index contributed by atoms with van der Waals surface area (Å²) in [5.74, 6) is 0.809. The van der Waals surface area contributed by atoms with Crippen LogP contribution >= 0.6 is 11.3 Å². The Hall–Kier alpha value is -2.01. The smallest absolute Gasteiger partial charge is 0.157 e. The number of anilines is 1. The van der Waals surface area contributed by atoms with E-state index < -0.39 is 0 Å². The summed E-state index contributed by atoms with van der Waals surface area (Å²) in [7, 11) is 0. The predicted molar refractivity (Wildman–Crippen MR) is 83.1 cm³/mol. The fourth-order valence-corrected chi connectivity index (χ4v) is 2.95. The molecule has 0 aliphatic heterocycles. The van der Waals surface area contributed by atoms with E-state index in [4.69, 9.17) is 0 Å². The maximum Gasteiger partial charge on any atom is 0.157 e. The zero-order valence-corrected chi connectivity index (χ0v) is 12.3. The number of hydrogen-bond acceptors (Lipinski definition) is 5. The third-order valence-corrected chi connectivity index (χ3v) is 4.54. The van der Waals surface area contributed by atoms with Crippen LogP contribution in [0.15, 0.2) is 36.7 Å². The van der Waals surface area contributed by atoms with Crippen molar-refractivity contribution in [2.75, 3.05) is 5.32 Å². The lowest BCUT2D eigenvalue weighted by Gasteiger charge is -2.13. The number of hydrogen-bond donors (Lipinski definition) is 1. The molecule has 20 heavy (non-hydrogen) atoms. The van der Waals surface area contributed by atoms with Gasteiger partial charge < -0.3 is 5.32 Å². The third kappa shape index (κ3) is 2.49. The summed E-state index contributed by atoms with van der Waals surface area (Å²) < 4.78 is 0. The van der Waals surface area contributed by atoms with Crippen LogP contribution in [0.2, 0.25) is 0 Å². The van der Waals surface area contributed by atoms with E-state index in [0.717, 1.165) is 28.0 Å². The molecule has 0 bridgehead atoms. The number of rotatable bonds is 4. The Bertz CT molecular complexity index is 717. The van der Waals surface area contributed by atoms with Gasteiger partial charge in [-0.2, -0.15) is 5.10 Å². The standard InChI is InChI=1S/C15H16N4S/c1-3-12-9-16-15(20-12)10(2)18-14-13-7-5-4-6-11(13)8-17-19-14/h4-10H,3H2,1-2H3,(H,18,19). The molecule has 0 amide bonds. The Morgan fingerprint density at radius 2 is 2.10 bits per heavy atom. The molecule has 0 radical (unpaired) electrons. The highest BCUT2D eigenvalue weighted by Gasteiger charge is 2.12. The van der Waals surface area contributed by atoms with Crippen LogP contribution in [0.1, 0.15) is 29.8 Å². The summed E-state index contributed by atoms with van der Waals surface area (Å²) in [6.45, 7) is 4.24. The van der Waals surface area contributed by atoms with Crippen molar-refractivity contribution >= 4 is 27.9 Å². The van der Waals surface area contributed by atoms with Crippen molar-refractivity contribution < 1.29 is 0 Å². The van der Waals surface area contributed by atoms with Crippen LogP contribution in [-0.2, 0) is 6.42 Å². The number of aromatic nitrogens is 3. The highest BCUT2D eigenvalue weighted by atomic mass is 32.1. The summed E-state index contributed by atoms with van der Waals surface area (Å²) in [5.41, 5.74) is 0. The highest BCUT2D eigenvalue weighted by Crippen LogP contribution is 2.26. The van der Waals surface area contributed by atoms with Gasteiger partial charge in [-0.15, -0.1) is 16.4 Å². The molecule has 0 aliphatic carbocycles. The fourth-order valence-electron chi connectivity index (χ4n) is 2.09. The van der Waals surface area contributed by atoms with Crippen LogP contribution < -0.4 is 5.32 Å². The zero-order chi connectivity index (χ0) is 13.9. The first-order valence-corrected chi connectivity index (χ1v) is 7.51. The van der Waals surface area contributed by atoms with E-state index in [9.17, 15) is 0 Å². The fraction of sp³-hybridized carbons (Fsp3) is 0.267. The van der Waals surface area contributed by atoms with Crippen LogP contribution in [0, 0.1) is 0 Å². The van der Waals surface area contributed by atoms with Crippen molar-refractivity contribution in [3.05, 3.63) is 46.5 Å². The monoisotopic (exact) mass is 284 g/mol. The minimum absolute atomic E-state index is 0.125. The van der Waals surface area contributed by atoms with Gasteiger partial charge in [0, 0.05) is 21.8 Å². The van der Waals surface area contributed by atoms with Crippen LogP contribution in [0.3, 0.4) is 0 Å². The van der Waals surface area contributed by atoms with Crippen LogP contribution in [-0.4, -0.2) is 15.2 Å². The van der Waals surface area contributed by atoms with E-state index in [1.807, 2.05) is 24.4 Å². The second-order valence-corrected chi connectivity index (χ2v) is 5.81. The zero-order valence-electron chi connectivity index (χ0n) is 11.5. The van der Waals surface area contributed by atoms with Gasteiger partial charge in [0.05, 0.1) is 12.2 Å². The van der Waals surface area contributed by atoms with Crippen molar-refractivity contribution in [3.8, 4) is 0 Å². The number of benzene rings is 1. The largest absolute Gasteiger partial charge is 0.359 e. The van der Waals surface area contributed by atoms with Gasteiger partial charge in [0.15, 0.2) is 5.82 Å². The predicted octanol–water partition coefficient (Wildman–Crippen LogP) is 3.82. The van der Waals surface area contributed by atoms with Gasteiger partial charge in [-0.25, -0.2) is 4.98 Å². The Morgan fingerprint density at radius 1 is 1.25 bits per heavy atom. The van der Waals surface area contributed by atoms with Crippen LogP contribution in [0.4, 0.5) is 5.82 Å². The van der Waals surface area contributed by atoms with Crippen molar-refractivity contribution in [3.63, 3.8) is 0 Å². The van der Waals surface area contributed by atoms with Crippen molar-refractivity contribution in [2.24, 2.45) is 0 Å². The Morgan fingerprint density at radius 3 is 2.90 bits per heavy atom. The van der Waals surface area contributed by atoms with Crippen molar-refractivity contribution in [1.82, 2.24) is 15.2 Å². The van der Waals surface area contributed by atoms with Gasteiger partial charge in [0.1, 0.15) is 5.01 Å². The van der Waals surface area contributed by atoms with Gasteiger partial charge >= 0.3 is 0 Å². The van der Waals surface area contributed by atoms with E-state index >= 15 is 0 Å². The number of fused-ring (bicyclic) bond motifs is 1. The van der Waals surface area contributed by atoms with E-state index in [-0.39, 0.29) is 6.04 Å². The van der Waals surface area contributed by atoms with Crippen molar-refractivity contribution in [1.29, 1.82) is 0 Å². The molecule has 0 spiro atoms. The first-order chi connectivity index (χ1) is 9.78. The van der Waals surface area contributed by atoms with Gasteiger partial charge in [-0.3, -0.25) is 0 Å². The maximum atomic E-state index is 4.47. The molecular weight excluding hydrogens is 268 g/mol. The molecule has 1 atom stereocenters. The molecule has 4 nitrogen and oxygen atoms in total. The molecular formula is C15H16N4S. The van der Waals surface area contributed by atoms with Gasteiger partial charge in [-0.1, -0.05) is 31.2 Å². The summed E-state index contributed by atoms with van der Waals surface area (Å²) in [6.07, 6.45) is 4.76. The first kappa shape index (κ1) is 13.0. The molecule has 0 aliphatic rings. The lowest BCUT2D eigenvalue weighted by molar-refractivity contribution is 0.853. The lowest BCUT2D eigenvalue weighted by atomic mass is 10.2. The summed E-state index contributed by atoms with van der Waals surface area (Å²) in [4.78, 5) is 5.77. The molecule has 3 aromatic rings. The quantitative estimate of drug-likeness (QED) is 0.791. The number of nitrogens with one attached hydrogen (secondary N) is 1. The summed E-state index contributed by atoms with van der Waals surface area (Å²) >= 11 is 1.74. The van der Waals surface area contributed by atoms with Crippen molar-refractivity contribution in [2.45, 2.75) is 26.3 Å². The number of nitrogens with zero attached hydrogens (tertiary/aromatic N) is 3. The summed E-state index contributed by atoms with van der Waals surface area (Å²) in [5, 5.41) is 14.9. The molecule has 0 fully saturated rings. The molecule has 0 saturated carbocycles. The second-order valence-electron chi connectivity index (χ2n) is 4.66. The molecule has 5 heteroatoms. The van der Waals surface area contributed by atoms with E-state index in [2.05, 4.69) is 40.4 Å². The first-order valence-electron chi connectivity index (χ1n) is 6.69. The number of aryl methyl sites for hydroxylation is 1. The SMILES string of the molecule is CCc1cnc(C(C)Nc2nncc3ccccc23)s1. The van der Waals surface area contributed by atoms with Crippen LogP contribution in [0.25, 0.3) is 10.8 Å². The minimum atomic E-state index is 0.125. The molecule has 3 rings (SSSR count).